The van der Waals surface area contributed by atoms with E-state index in [1.54, 1.807) is 19.3 Å². The van der Waals surface area contributed by atoms with Crippen LogP contribution in [0.1, 0.15) is 13.3 Å². The van der Waals surface area contributed by atoms with E-state index in [1.807, 2.05) is 6.92 Å². The molecular formula is C6H12N2. The van der Waals surface area contributed by atoms with E-state index in [9.17, 15) is 0 Å². The SMILES string of the molecule is CC/C(N)=C/C=NC. The van der Waals surface area contributed by atoms with Crippen LogP contribution >= 0.6 is 0 Å². The van der Waals surface area contributed by atoms with Crippen molar-refractivity contribution < 1.29 is 0 Å². The number of hydrogen-bond acceptors (Lipinski definition) is 2. The Kier molecular flexibility index (Phi) is 3.94. The first-order valence-corrected chi connectivity index (χ1v) is 2.68. The molecule has 0 unspecified atom stereocenters. The minimum absolute atomic E-state index is 0.871. The van der Waals surface area contributed by atoms with Gasteiger partial charge in [0.05, 0.1) is 0 Å². The summed E-state index contributed by atoms with van der Waals surface area (Å²) in [7, 11) is 1.72. The molecule has 0 heterocycles. The fourth-order valence-corrected chi connectivity index (χ4v) is 0.288. The van der Waals surface area contributed by atoms with Gasteiger partial charge in [-0.15, -0.1) is 0 Å². The minimum atomic E-state index is 0.871. The third-order valence-electron chi connectivity index (χ3n) is 0.846. The molecule has 0 aliphatic heterocycles. The number of hydrogen-bond donors (Lipinski definition) is 1. The fourth-order valence-electron chi connectivity index (χ4n) is 0.288. The van der Waals surface area contributed by atoms with Crippen LogP contribution in [0.5, 0.6) is 0 Å². The maximum absolute atomic E-state index is 5.43. The van der Waals surface area contributed by atoms with Gasteiger partial charge >= 0.3 is 0 Å². The van der Waals surface area contributed by atoms with Gasteiger partial charge in [0, 0.05) is 19.0 Å². The number of aliphatic imine (C=N–C) groups is 1. The van der Waals surface area contributed by atoms with Gasteiger partial charge in [-0.3, -0.25) is 4.99 Å². The molecule has 0 spiro atoms. The zero-order chi connectivity index (χ0) is 6.41. The van der Waals surface area contributed by atoms with Crippen LogP contribution in [0, 0.1) is 0 Å². The normalized spacial score (nSPS) is 13.0. The van der Waals surface area contributed by atoms with Crippen molar-refractivity contribution in [3.8, 4) is 0 Å². The number of rotatable bonds is 2. The molecule has 0 saturated heterocycles. The summed E-state index contributed by atoms with van der Waals surface area (Å²) in [6.07, 6.45) is 4.39. The number of nitrogens with two attached hydrogens (primary N) is 1. The fraction of sp³-hybridized carbons (Fsp3) is 0.500. The van der Waals surface area contributed by atoms with Gasteiger partial charge in [0.1, 0.15) is 0 Å². The highest BCUT2D eigenvalue weighted by Crippen LogP contribution is 1.85. The summed E-state index contributed by atoms with van der Waals surface area (Å²) in [5.74, 6) is 0. The van der Waals surface area contributed by atoms with Crippen LogP contribution in [-0.2, 0) is 0 Å². The first-order chi connectivity index (χ1) is 3.81. The molecule has 2 nitrogen and oxygen atoms in total. The lowest BCUT2D eigenvalue weighted by Gasteiger charge is -1.87. The van der Waals surface area contributed by atoms with Gasteiger partial charge in [0.2, 0.25) is 0 Å². The molecule has 8 heavy (non-hydrogen) atoms. The molecular weight excluding hydrogens is 100 g/mol. The van der Waals surface area contributed by atoms with Gasteiger partial charge < -0.3 is 5.73 Å². The first kappa shape index (κ1) is 7.21. The highest BCUT2D eigenvalue weighted by molar-refractivity contribution is 5.71. The van der Waals surface area contributed by atoms with Crippen molar-refractivity contribution in [2.24, 2.45) is 10.7 Å². The average Bonchev–Trinajstić information content (AvgIpc) is 1.83. The maximum atomic E-state index is 5.43. The van der Waals surface area contributed by atoms with Gasteiger partial charge in [-0.2, -0.15) is 0 Å². The zero-order valence-corrected chi connectivity index (χ0v) is 5.39. The number of allylic oxidation sites excluding steroid dienone is 2. The minimum Gasteiger partial charge on any atom is -0.402 e. The standard InChI is InChI=1S/C6H12N2/c1-3-6(7)4-5-8-2/h4-5H,3,7H2,1-2H3/b6-4-,8-5?. The van der Waals surface area contributed by atoms with Gasteiger partial charge in [-0.05, 0) is 12.5 Å². The lowest BCUT2D eigenvalue weighted by Crippen LogP contribution is -1.93. The molecule has 0 radical (unpaired) electrons. The molecule has 0 aromatic carbocycles. The molecule has 0 amide bonds. The molecule has 0 bridgehead atoms. The Morgan fingerprint density at radius 1 is 1.75 bits per heavy atom. The molecule has 2 N–H and O–H groups in total. The highest BCUT2D eigenvalue weighted by atomic mass is 14.6. The topological polar surface area (TPSA) is 38.4 Å². The van der Waals surface area contributed by atoms with Crippen LogP contribution < -0.4 is 5.73 Å². The summed E-state index contributed by atoms with van der Waals surface area (Å²) in [5, 5.41) is 0. The van der Waals surface area contributed by atoms with E-state index in [0.29, 0.717) is 0 Å². The molecule has 46 valence electrons. The largest absolute Gasteiger partial charge is 0.402 e. The van der Waals surface area contributed by atoms with Crippen molar-refractivity contribution in [3.63, 3.8) is 0 Å². The van der Waals surface area contributed by atoms with Crippen molar-refractivity contribution in [1.29, 1.82) is 0 Å². The molecule has 0 aliphatic carbocycles. The Bertz CT molecular complexity index is 103. The Hall–Kier alpha value is -0.790. The summed E-state index contributed by atoms with van der Waals surface area (Å²) in [4.78, 5) is 3.74. The molecule has 0 aromatic rings. The second-order valence-electron chi connectivity index (χ2n) is 1.50. The Balaban J connectivity index is 3.57. The van der Waals surface area contributed by atoms with E-state index in [-0.39, 0.29) is 0 Å². The third kappa shape index (κ3) is 3.40. The van der Waals surface area contributed by atoms with E-state index < -0.39 is 0 Å². The summed E-state index contributed by atoms with van der Waals surface area (Å²) >= 11 is 0. The van der Waals surface area contributed by atoms with E-state index in [0.717, 1.165) is 12.1 Å². The van der Waals surface area contributed by atoms with Crippen LogP contribution in [0.2, 0.25) is 0 Å². The number of nitrogens with zero attached hydrogens (tertiary/aromatic N) is 1. The van der Waals surface area contributed by atoms with Crippen molar-refractivity contribution in [3.05, 3.63) is 11.8 Å². The molecule has 0 aliphatic rings. The van der Waals surface area contributed by atoms with Crippen molar-refractivity contribution >= 4 is 6.21 Å². The molecule has 0 rings (SSSR count). The van der Waals surface area contributed by atoms with Crippen LogP contribution in [0.15, 0.2) is 16.8 Å². The summed E-state index contributed by atoms with van der Waals surface area (Å²) in [6, 6.07) is 0. The maximum Gasteiger partial charge on any atom is 0.0277 e. The van der Waals surface area contributed by atoms with Crippen molar-refractivity contribution in [2.75, 3.05) is 7.05 Å². The second kappa shape index (κ2) is 4.37. The Morgan fingerprint density at radius 3 is 2.75 bits per heavy atom. The van der Waals surface area contributed by atoms with Gasteiger partial charge in [0.15, 0.2) is 0 Å². The lowest BCUT2D eigenvalue weighted by molar-refractivity contribution is 1.07. The predicted octanol–water partition coefficient (Wildman–Crippen LogP) is 0.940. The van der Waals surface area contributed by atoms with Gasteiger partial charge in [0.25, 0.3) is 0 Å². The lowest BCUT2D eigenvalue weighted by atomic mass is 10.3. The van der Waals surface area contributed by atoms with Gasteiger partial charge in [-0.25, -0.2) is 0 Å². The molecule has 0 atom stereocenters. The van der Waals surface area contributed by atoms with Crippen molar-refractivity contribution in [2.45, 2.75) is 13.3 Å². The predicted molar refractivity (Wildman–Crippen MR) is 37.0 cm³/mol. The quantitative estimate of drug-likeness (QED) is 0.530. The van der Waals surface area contributed by atoms with E-state index >= 15 is 0 Å². The second-order valence-corrected chi connectivity index (χ2v) is 1.50. The first-order valence-electron chi connectivity index (χ1n) is 2.68. The molecule has 2 heteroatoms. The van der Waals surface area contributed by atoms with Gasteiger partial charge in [-0.1, -0.05) is 6.92 Å². The summed E-state index contributed by atoms with van der Waals surface area (Å²) in [5.41, 5.74) is 6.30. The summed E-state index contributed by atoms with van der Waals surface area (Å²) < 4.78 is 0. The summed E-state index contributed by atoms with van der Waals surface area (Å²) in [6.45, 7) is 2.01. The Labute approximate surface area is 50.1 Å². The molecule has 0 fully saturated rings. The Morgan fingerprint density at radius 2 is 2.38 bits per heavy atom. The van der Waals surface area contributed by atoms with Crippen molar-refractivity contribution in [1.82, 2.24) is 0 Å². The molecule has 0 aromatic heterocycles. The third-order valence-corrected chi connectivity index (χ3v) is 0.846. The van der Waals surface area contributed by atoms with Crippen LogP contribution in [0.3, 0.4) is 0 Å². The van der Waals surface area contributed by atoms with Crippen LogP contribution in [0.4, 0.5) is 0 Å². The highest BCUT2D eigenvalue weighted by Gasteiger charge is 1.76. The van der Waals surface area contributed by atoms with E-state index in [1.165, 1.54) is 0 Å². The molecule has 0 saturated carbocycles. The van der Waals surface area contributed by atoms with Crippen LogP contribution in [0.25, 0.3) is 0 Å². The average molecular weight is 112 g/mol. The van der Waals surface area contributed by atoms with E-state index in [4.69, 9.17) is 5.73 Å². The zero-order valence-electron chi connectivity index (χ0n) is 5.39. The smallest absolute Gasteiger partial charge is 0.0277 e. The monoisotopic (exact) mass is 112 g/mol. The van der Waals surface area contributed by atoms with E-state index in [2.05, 4.69) is 4.99 Å². The van der Waals surface area contributed by atoms with Crippen LogP contribution in [-0.4, -0.2) is 13.3 Å².